The zero-order chi connectivity index (χ0) is 12.3. The average Bonchev–Trinajstić information content (AvgIpc) is 2.76. The van der Waals surface area contributed by atoms with Gasteiger partial charge in [0.15, 0.2) is 0 Å². The Bertz CT molecular complexity index is 378. The van der Waals surface area contributed by atoms with Crippen LogP contribution in [0.15, 0.2) is 6.07 Å². The van der Waals surface area contributed by atoms with Gasteiger partial charge in [0.05, 0.1) is 0 Å². The monoisotopic (exact) mass is 234 g/mol. The Hall–Kier alpha value is -1.32. The van der Waals surface area contributed by atoms with E-state index >= 15 is 0 Å². The van der Waals surface area contributed by atoms with Crippen LogP contribution in [-0.4, -0.2) is 22.6 Å². The molecule has 94 valence electrons. The van der Waals surface area contributed by atoms with Crippen LogP contribution < -0.4 is 10.6 Å². The van der Waals surface area contributed by atoms with Crippen molar-refractivity contribution in [2.24, 2.45) is 0 Å². The minimum atomic E-state index is 0.597. The molecule has 2 heterocycles. The Kier molecular flexibility index (Phi) is 3.82. The number of anilines is 2. The zero-order valence-corrected chi connectivity index (χ0v) is 10.8. The van der Waals surface area contributed by atoms with Gasteiger partial charge in [-0.25, -0.2) is 9.97 Å². The van der Waals surface area contributed by atoms with Crippen molar-refractivity contribution in [1.82, 2.24) is 9.97 Å². The highest BCUT2D eigenvalue weighted by Crippen LogP contribution is 2.26. The van der Waals surface area contributed by atoms with Crippen molar-refractivity contribution in [3.63, 3.8) is 0 Å². The molecule has 0 spiro atoms. The number of aromatic nitrogens is 2. The van der Waals surface area contributed by atoms with E-state index in [0.717, 1.165) is 31.0 Å². The number of nitrogen functional groups attached to an aromatic ring is 1. The summed E-state index contributed by atoms with van der Waals surface area (Å²) >= 11 is 0. The minimum Gasteiger partial charge on any atom is -0.384 e. The summed E-state index contributed by atoms with van der Waals surface area (Å²) in [5.74, 6) is 2.50. The van der Waals surface area contributed by atoms with Crippen LogP contribution in [0.3, 0.4) is 0 Å². The molecule has 4 heteroatoms. The van der Waals surface area contributed by atoms with Crippen molar-refractivity contribution in [2.45, 2.75) is 52.0 Å². The maximum Gasteiger partial charge on any atom is 0.134 e. The number of hydrogen-bond donors (Lipinski definition) is 1. The number of hydrogen-bond acceptors (Lipinski definition) is 4. The third kappa shape index (κ3) is 2.68. The lowest BCUT2D eigenvalue weighted by Crippen LogP contribution is -2.29. The van der Waals surface area contributed by atoms with Gasteiger partial charge in [-0.05, 0) is 25.7 Å². The SMILES string of the molecule is CCCc1nc(N)cc(N2CCCC2CC)n1. The van der Waals surface area contributed by atoms with E-state index < -0.39 is 0 Å². The molecule has 0 amide bonds. The predicted molar refractivity (Wildman–Crippen MR) is 71.1 cm³/mol. The summed E-state index contributed by atoms with van der Waals surface area (Å²) in [6.07, 6.45) is 5.66. The van der Waals surface area contributed by atoms with Crippen LogP contribution in [0.25, 0.3) is 0 Å². The summed E-state index contributed by atoms with van der Waals surface area (Å²) < 4.78 is 0. The van der Waals surface area contributed by atoms with Crippen LogP contribution in [0.2, 0.25) is 0 Å². The Balaban J connectivity index is 2.24. The molecule has 1 saturated heterocycles. The zero-order valence-electron chi connectivity index (χ0n) is 10.8. The summed E-state index contributed by atoms with van der Waals surface area (Å²) in [6, 6.07) is 2.53. The molecule has 2 N–H and O–H groups in total. The maximum atomic E-state index is 5.87. The lowest BCUT2D eigenvalue weighted by molar-refractivity contribution is 0.638. The first-order valence-corrected chi connectivity index (χ1v) is 6.64. The molecule has 0 radical (unpaired) electrons. The second-order valence-electron chi connectivity index (χ2n) is 4.71. The third-order valence-corrected chi connectivity index (χ3v) is 3.40. The van der Waals surface area contributed by atoms with Crippen molar-refractivity contribution >= 4 is 11.6 Å². The summed E-state index contributed by atoms with van der Waals surface area (Å²) in [7, 11) is 0. The topological polar surface area (TPSA) is 55.0 Å². The van der Waals surface area contributed by atoms with Crippen molar-refractivity contribution in [1.29, 1.82) is 0 Å². The van der Waals surface area contributed by atoms with Gasteiger partial charge in [0.2, 0.25) is 0 Å². The van der Waals surface area contributed by atoms with Gasteiger partial charge in [0.1, 0.15) is 17.5 Å². The van der Waals surface area contributed by atoms with E-state index in [2.05, 4.69) is 28.7 Å². The number of nitrogens with two attached hydrogens (primary N) is 1. The lowest BCUT2D eigenvalue weighted by Gasteiger charge is -2.25. The average molecular weight is 234 g/mol. The molecule has 17 heavy (non-hydrogen) atoms. The van der Waals surface area contributed by atoms with Crippen molar-refractivity contribution in [2.75, 3.05) is 17.2 Å². The summed E-state index contributed by atoms with van der Waals surface area (Å²) in [5.41, 5.74) is 5.87. The summed E-state index contributed by atoms with van der Waals surface area (Å²) in [4.78, 5) is 11.3. The van der Waals surface area contributed by atoms with Crippen LogP contribution in [0.5, 0.6) is 0 Å². The van der Waals surface area contributed by atoms with Crippen LogP contribution in [0.1, 0.15) is 45.4 Å². The smallest absolute Gasteiger partial charge is 0.134 e. The predicted octanol–water partition coefficient (Wildman–Crippen LogP) is 2.39. The largest absolute Gasteiger partial charge is 0.384 e. The van der Waals surface area contributed by atoms with Gasteiger partial charge in [-0.1, -0.05) is 13.8 Å². The number of nitrogens with zero attached hydrogens (tertiary/aromatic N) is 3. The quantitative estimate of drug-likeness (QED) is 0.869. The molecule has 1 unspecified atom stereocenters. The third-order valence-electron chi connectivity index (χ3n) is 3.40. The fourth-order valence-corrected chi connectivity index (χ4v) is 2.55. The van der Waals surface area contributed by atoms with E-state index in [0.29, 0.717) is 11.9 Å². The highest BCUT2D eigenvalue weighted by Gasteiger charge is 2.24. The van der Waals surface area contributed by atoms with Crippen LogP contribution in [0.4, 0.5) is 11.6 Å². The van der Waals surface area contributed by atoms with E-state index in [9.17, 15) is 0 Å². The Morgan fingerprint density at radius 2 is 2.24 bits per heavy atom. The van der Waals surface area contributed by atoms with Crippen molar-refractivity contribution in [3.8, 4) is 0 Å². The first-order valence-electron chi connectivity index (χ1n) is 6.64. The molecule has 1 aromatic heterocycles. The first kappa shape index (κ1) is 12.1. The van der Waals surface area contributed by atoms with Crippen LogP contribution in [0, 0.1) is 0 Å². The Morgan fingerprint density at radius 1 is 1.41 bits per heavy atom. The molecule has 0 bridgehead atoms. The lowest BCUT2D eigenvalue weighted by atomic mass is 10.2. The molecule has 1 aromatic rings. The van der Waals surface area contributed by atoms with Gasteiger partial charge >= 0.3 is 0 Å². The molecule has 1 atom stereocenters. The number of aryl methyl sites for hydroxylation is 1. The molecule has 1 aliphatic heterocycles. The highest BCUT2D eigenvalue weighted by atomic mass is 15.2. The van der Waals surface area contributed by atoms with Gasteiger partial charge in [0.25, 0.3) is 0 Å². The first-order chi connectivity index (χ1) is 8.24. The number of rotatable bonds is 4. The molecule has 0 aromatic carbocycles. The maximum absolute atomic E-state index is 5.87. The standard InChI is InChI=1S/C13H22N4/c1-3-6-12-15-11(14)9-13(16-12)17-8-5-7-10(17)4-2/h9-10H,3-8H2,1-2H3,(H2,14,15,16). The van der Waals surface area contributed by atoms with Crippen LogP contribution >= 0.6 is 0 Å². The second-order valence-corrected chi connectivity index (χ2v) is 4.71. The Labute approximate surface area is 103 Å². The van der Waals surface area contributed by atoms with Crippen molar-refractivity contribution in [3.05, 3.63) is 11.9 Å². The molecule has 0 aliphatic carbocycles. The normalized spacial score (nSPS) is 19.9. The molecular weight excluding hydrogens is 212 g/mol. The van der Waals surface area contributed by atoms with Gasteiger partial charge in [-0.3, -0.25) is 0 Å². The summed E-state index contributed by atoms with van der Waals surface area (Å²) in [6.45, 7) is 5.47. The van der Waals surface area contributed by atoms with E-state index in [1.54, 1.807) is 0 Å². The highest BCUT2D eigenvalue weighted by molar-refractivity contribution is 5.48. The fourth-order valence-electron chi connectivity index (χ4n) is 2.55. The van der Waals surface area contributed by atoms with Gasteiger partial charge in [-0.2, -0.15) is 0 Å². The molecular formula is C13H22N4. The molecule has 1 fully saturated rings. The van der Waals surface area contributed by atoms with Gasteiger partial charge in [-0.15, -0.1) is 0 Å². The van der Waals surface area contributed by atoms with Crippen LogP contribution in [-0.2, 0) is 6.42 Å². The second kappa shape index (κ2) is 5.34. The molecule has 1 aliphatic rings. The van der Waals surface area contributed by atoms with Gasteiger partial charge < -0.3 is 10.6 Å². The van der Waals surface area contributed by atoms with Crippen molar-refractivity contribution < 1.29 is 0 Å². The molecule has 4 nitrogen and oxygen atoms in total. The minimum absolute atomic E-state index is 0.597. The fraction of sp³-hybridized carbons (Fsp3) is 0.692. The molecule has 2 rings (SSSR count). The van der Waals surface area contributed by atoms with E-state index in [-0.39, 0.29) is 0 Å². The Morgan fingerprint density at radius 3 is 2.94 bits per heavy atom. The summed E-state index contributed by atoms with van der Waals surface area (Å²) in [5, 5.41) is 0. The van der Waals surface area contributed by atoms with E-state index in [1.165, 1.54) is 19.3 Å². The van der Waals surface area contributed by atoms with E-state index in [1.807, 2.05) is 6.07 Å². The van der Waals surface area contributed by atoms with E-state index in [4.69, 9.17) is 5.73 Å². The van der Waals surface area contributed by atoms with Gasteiger partial charge in [0, 0.05) is 25.1 Å². The molecule has 0 saturated carbocycles.